The van der Waals surface area contributed by atoms with E-state index in [1.807, 2.05) is 0 Å². The van der Waals surface area contributed by atoms with E-state index in [0.717, 1.165) is 6.07 Å². The van der Waals surface area contributed by atoms with Crippen LogP contribution in [0, 0.1) is 5.95 Å². The Kier molecular flexibility index (Phi) is 3.74. The normalized spacial score (nSPS) is 10.7. The number of halogens is 4. The van der Waals surface area contributed by atoms with Crippen molar-refractivity contribution in [3.63, 3.8) is 0 Å². The maximum atomic E-state index is 13.1. The molecular formula is C8H7BrF3NO. The largest absolute Gasteiger partial charge is 0.481 e. The number of aromatic nitrogens is 1. The third kappa shape index (κ3) is 2.17. The zero-order valence-corrected chi connectivity index (χ0v) is 8.82. The van der Waals surface area contributed by atoms with Crippen molar-refractivity contribution >= 4 is 15.9 Å². The average molecular weight is 270 g/mol. The number of hydrogen-bond acceptors (Lipinski definition) is 2. The van der Waals surface area contributed by atoms with Crippen molar-refractivity contribution in [1.29, 1.82) is 0 Å². The van der Waals surface area contributed by atoms with Crippen molar-refractivity contribution in [2.24, 2.45) is 0 Å². The second-order valence-corrected chi connectivity index (χ2v) is 3.02. The van der Waals surface area contributed by atoms with Gasteiger partial charge in [-0.25, -0.2) is 8.78 Å². The van der Waals surface area contributed by atoms with Crippen LogP contribution in [0.3, 0.4) is 0 Å². The quantitative estimate of drug-likeness (QED) is 0.622. The zero-order valence-electron chi connectivity index (χ0n) is 7.23. The molecular weight excluding hydrogens is 263 g/mol. The number of hydrogen-bond donors (Lipinski definition) is 0. The third-order valence-corrected chi connectivity index (χ3v) is 2.22. The van der Waals surface area contributed by atoms with E-state index in [9.17, 15) is 13.2 Å². The van der Waals surface area contributed by atoms with Gasteiger partial charge in [0.05, 0.1) is 7.11 Å². The third-order valence-electron chi connectivity index (χ3n) is 1.66. The van der Waals surface area contributed by atoms with E-state index in [0.29, 0.717) is 0 Å². The van der Waals surface area contributed by atoms with Crippen LogP contribution in [0.5, 0.6) is 5.88 Å². The van der Waals surface area contributed by atoms with E-state index in [2.05, 4.69) is 25.7 Å². The number of ether oxygens (including phenoxy) is 1. The van der Waals surface area contributed by atoms with Crippen LogP contribution in [0.2, 0.25) is 0 Å². The molecule has 0 aliphatic rings. The molecule has 1 heterocycles. The van der Waals surface area contributed by atoms with Gasteiger partial charge in [0.15, 0.2) is 0 Å². The monoisotopic (exact) mass is 269 g/mol. The Morgan fingerprint density at radius 2 is 2.21 bits per heavy atom. The molecule has 0 fully saturated rings. The van der Waals surface area contributed by atoms with Gasteiger partial charge in [-0.1, -0.05) is 15.9 Å². The minimum atomic E-state index is -2.74. The molecule has 0 bridgehead atoms. The highest BCUT2D eigenvalue weighted by molar-refractivity contribution is 9.08. The van der Waals surface area contributed by atoms with Crippen molar-refractivity contribution in [3.05, 3.63) is 23.1 Å². The molecule has 0 saturated carbocycles. The summed E-state index contributed by atoms with van der Waals surface area (Å²) in [4.78, 5) is 3.35. The highest BCUT2D eigenvalue weighted by Gasteiger charge is 2.18. The summed E-state index contributed by atoms with van der Waals surface area (Å²) in [7, 11) is 1.24. The minimum absolute atomic E-state index is 0.00446. The molecule has 0 aliphatic carbocycles. The Morgan fingerprint density at radius 3 is 2.64 bits per heavy atom. The van der Waals surface area contributed by atoms with Gasteiger partial charge >= 0.3 is 0 Å². The molecule has 0 radical (unpaired) electrons. The standard InChI is InChI=1S/C8H7BrF3NO/c1-14-6-2-4(7(10)11)5(3-9)8(12)13-6/h2,7H,3H2,1H3. The van der Waals surface area contributed by atoms with Crippen molar-refractivity contribution in [2.45, 2.75) is 11.8 Å². The topological polar surface area (TPSA) is 22.1 Å². The molecule has 0 N–H and O–H groups in total. The summed E-state index contributed by atoms with van der Waals surface area (Å²) in [6.07, 6.45) is -2.74. The lowest BCUT2D eigenvalue weighted by Gasteiger charge is -2.08. The Bertz CT molecular complexity index is 333. The molecule has 1 aromatic heterocycles. The highest BCUT2D eigenvalue weighted by atomic mass is 79.9. The molecule has 78 valence electrons. The molecule has 6 heteroatoms. The average Bonchev–Trinajstić information content (AvgIpc) is 2.16. The van der Waals surface area contributed by atoms with Crippen LogP contribution in [-0.2, 0) is 5.33 Å². The van der Waals surface area contributed by atoms with E-state index in [-0.39, 0.29) is 16.8 Å². The lowest BCUT2D eigenvalue weighted by atomic mass is 10.1. The van der Waals surface area contributed by atoms with Crippen molar-refractivity contribution in [1.82, 2.24) is 4.98 Å². The van der Waals surface area contributed by atoms with E-state index in [1.165, 1.54) is 7.11 Å². The molecule has 0 aliphatic heterocycles. The van der Waals surface area contributed by atoms with Gasteiger partial charge in [-0.05, 0) is 0 Å². The molecule has 0 aromatic carbocycles. The Morgan fingerprint density at radius 1 is 1.57 bits per heavy atom. The zero-order chi connectivity index (χ0) is 10.7. The SMILES string of the molecule is COc1cc(C(F)F)c(CBr)c(F)n1. The van der Waals surface area contributed by atoms with Crippen LogP contribution >= 0.6 is 15.9 Å². The Labute approximate surface area is 87.2 Å². The molecule has 0 amide bonds. The van der Waals surface area contributed by atoms with Crippen molar-refractivity contribution in [3.8, 4) is 5.88 Å². The molecule has 0 atom stereocenters. The van der Waals surface area contributed by atoms with Crippen molar-refractivity contribution < 1.29 is 17.9 Å². The number of alkyl halides is 3. The van der Waals surface area contributed by atoms with Crippen LogP contribution in [0.25, 0.3) is 0 Å². The first-order chi connectivity index (χ1) is 6.60. The van der Waals surface area contributed by atoms with E-state index < -0.39 is 17.9 Å². The van der Waals surface area contributed by atoms with Gasteiger partial charge in [-0.15, -0.1) is 0 Å². The van der Waals surface area contributed by atoms with Gasteiger partial charge in [0.25, 0.3) is 6.43 Å². The van der Waals surface area contributed by atoms with Crippen LogP contribution in [0.15, 0.2) is 6.07 Å². The summed E-state index contributed by atoms with van der Waals surface area (Å²) in [6.45, 7) is 0. The van der Waals surface area contributed by atoms with Gasteiger partial charge < -0.3 is 4.74 Å². The lowest BCUT2D eigenvalue weighted by Crippen LogP contribution is -2.01. The molecule has 0 spiro atoms. The number of rotatable bonds is 3. The maximum Gasteiger partial charge on any atom is 0.264 e. The van der Waals surface area contributed by atoms with Crippen LogP contribution in [0.4, 0.5) is 13.2 Å². The number of methoxy groups -OCH3 is 1. The fraction of sp³-hybridized carbons (Fsp3) is 0.375. The fourth-order valence-corrected chi connectivity index (χ4v) is 1.52. The summed E-state index contributed by atoms with van der Waals surface area (Å²) in [5.41, 5.74) is -0.535. The molecule has 0 saturated heterocycles. The van der Waals surface area contributed by atoms with Crippen molar-refractivity contribution in [2.75, 3.05) is 7.11 Å². The second-order valence-electron chi connectivity index (χ2n) is 2.46. The molecule has 1 rings (SSSR count). The van der Waals surface area contributed by atoms with E-state index in [1.54, 1.807) is 0 Å². The minimum Gasteiger partial charge on any atom is -0.481 e. The Balaban J connectivity index is 3.28. The van der Waals surface area contributed by atoms with Gasteiger partial charge in [0, 0.05) is 22.5 Å². The fourth-order valence-electron chi connectivity index (χ4n) is 0.967. The number of pyridine rings is 1. The van der Waals surface area contributed by atoms with Crippen LogP contribution < -0.4 is 4.74 Å². The smallest absolute Gasteiger partial charge is 0.264 e. The highest BCUT2D eigenvalue weighted by Crippen LogP contribution is 2.28. The van der Waals surface area contributed by atoms with Crippen LogP contribution in [-0.4, -0.2) is 12.1 Å². The number of nitrogens with zero attached hydrogens (tertiary/aromatic N) is 1. The lowest BCUT2D eigenvalue weighted by molar-refractivity contribution is 0.149. The van der Waals surface area contributed by atoms with E-state index in [4.69, 9.17) is 0 Å². The van der Waals surface area contributed by atoms with Crippen LogP contribution in [0.1, 0.15) is 17.6 Å². The van der Waals surface area contributed by atoms with Gasteiger partial charge in [-0.3, -0.25) is 0 Å². The second kappa shape index (κ2) is 4.63. The maximum absolute atomic E-state index is 13.1. The summed E-state index contributed by atoms with van der Waals surface area (Å²) < 4.78 is 42.6. The molecule has 1 aromatic rings. The molecule has 0 unspecified atom stereocenters. The van der Waals surface area contributed by atoms with Gasteiger partial charge in [0.2, 0.25) is 11.8 Å². The Hall–Kier alpha value is -0.780. The summed E-state index contributed by atoms with van der Waals surface area (Å²) in [6, 6.07) is 1.03. The predicted octanol–water partition coefficient (Wildman–Crippen LogP) is 3.06. The first-order valence-corrected chi connectivity index (χ1v) is 4.79. The molecule has 2 nitrogen and oxygen atoms in total. The summed E-state index contributed by atoms with van der Waals surface area (Å²) in [5, 5.41) is -0.00446. The van der Waals surface area contributed by atoms with Gasteiger partial charge in [-0.2, -0.15) is 9.37 Å². The summed E-state index contributed by atoms with van der Waals surface area (Å²) >= 11 is 2.92. The molecule has 14 heavy (non-hydrogen) atoms. The first-order valence-electron chi connectivity index (χ1n) is 3.67. The van der Waals surface area contributed by atoms with E-state index >= 15 is 0 Å². The summed E-state index contributed by atoms with van der Waals surface area (Å²) in [5.74, 6) is -1.08. The van der Waals surface area contributed by atoms with Gasteiger partial charge in [0.1, 0.15) is 0 Å². The predicted molar refractivity (Wildman–Crippen MR) is 48.3 cm³/mol. The first kappa shape index (κ1) is 11.3.